The summed E-state index contributed by atoms with van der Waals surface area (Å²) in [4.78, 5) is 21.4. The summed E-state index contributed by atoms with van der Waals surface area (Å²) in [6.07, 6.45) is 9.31. The lowest BCUT2D eigenvalue weighted by molar-refractivity contribution is 0.0788. The smallest absolute Gasteiger partial charge is 0.253 e. The van der Waals surface area contributed by atoms with Gasteiger partial charge in [0.2, 0.25) is 0 Å². The molecule has 1 unspecified atom stereocenters. The van der Waals surface area contributed by atoms with Gasteiger partial charge in [0.05, 0.1) is 6.54 Å². The molecular formula is C22H29N3O. The molecule has 0 N–H and O–H groups in total. The number of rotatable bonds is 5. The molecule has 1 aromatic carbocycles. The number of amides is 1. The molecule has 1 amide bonds. The average molecular weight is 351 g/mol. The monoisotopic (exact) mass is 351 g/mol. The highest BCUT2D eigenvalue weighted by Gasteiger charge is 2.24. The number of hydrogen-bond donors (Lipinski definition) is 0. The van der Waals surface area contributed by atoms with Crippen molar-refractivity contribution in [2.24, 2.45) is 10.9 Å². The van der Waals surface area contributed by atoms with Crippen LogP contribution < -0.4 is 0 Å². The fraction of sp³-hybridized carbons (Fsp3) is 0.455. The minimum Gasteiger partial charge on any atom is -0.338 e. The standard InChI is InChI=1S/C22H29N3O/c1-4-5-6-7-20-15-23-21(24(20)3)14-18-8-10-19(11-9-18)22(26)25-13-12-17(2)16-25/h4-5,7-11,17H,6,12-16H2,1-3H3/b5-4-,20-7+. The number of likely N-dealkylation sites (tertiary alicyclic amines) is 1. The Morgan fingerprint density at radius 3 is 2.73 bits per heavy atom. The Balaban J connectivity index is 1.59. The minimum absolute atomic E-state index is 0.158. The van der Waals surface area contributed by atoms with E-state index in [9.17, 15) is 4.79 Å². The number of aliphatic imine (C=N–C) groups is 1. The van der Waals surface area contributed by atoms with Crippen molar-refractivity contribution in [1.29, 1.82) is 0 Å². The lowest BCUT2D eigenvalue weighted by atomic mass is 10.1. The minimum atomic E-state index is 0.158. The summed E-state index contributed by atoms with van der Waals surface area (Å²) >= 11 is 0. The van der Waals surface area contributed by atoms with Crippen molar-refractivity contribution in [2.75, 3.05) is 26.7 Å². The second kappa shape index (κ2) is 8.35. The molecule has 0 spiro atoms. The molecular weight excluding hydrogens is 322 g/mol. The first-order valence-corrected chi connectivity index (χ1v) is 9.54. The molecule has 0 bridgehead atoms. The molecule has 0 radical (unpaired) electrons. The maximum Gasteiger partial charge on any atom is 0.253 e. The van der Waals surface area contributed by atoms with E-state index in [0.29, 0.717) is 5.92 Å². The molecule has 1 aromatic rings. The normalized spacial score (nSPS) is 21.9. The molecule has 3 rings (SSSR count). The first kappa shape index (κ1) is 18.4. The molecule has 1 atom stereocenters. The van der Waals surface area contributed by atoms with Crippen LogP contribution in [0.3, 0.4) is 0 Å². The Bertz CT molecular complexity index is 730. The van der Waals surface area contributed by atoms with Gasteiger partial charge in [0, 0.05) is 37.8 Å². The zero-order valence-electron chi connectivity index (χ0n) is 16.1. The van der Waals surface area contributed by atoms with E-state index in [4.69, 9.17) is 0 Å². The molecule has 1 saturated heterocycles. The third-order valence-corrected chi connectivity index (χ3v) is 5.24. The third kappa shape index (κ3) is 4.24. The van der Waals surface area contributed by atoms with Gasteiger partial charge in [-0.3, -0.25) is 9.79 Å². The maximum atomic E-state index is 12.5. The van der Waals surface area contributed by atoms with Crippen LogP contribution in [0.1, 0.15) is 42.6 Å². The molecule has 1 fully saturated rings. The summed E-state index contributed by atoms with van der Waals surface area (Å²) in [5, 5.41) is 0. The summed E-state index contributed by atoms with van der Waals surface area (Å²) in [6.45, 7) is 6.76. The van der Waals surface area contributed by atoms with Crippen LogP contribution in [0.5, 0.6) is 0 Å². The molecule has 4 nitrogen and oxygen atoms in total. The van der Waals surface area contributed by atoms with Crippen molar-refractivity contribution >= 4 is 11.7 Å². The first-order valence-electron chi connectivity index (χ1n) is 9.54. The average Bonchev–Trinajstić information content (AvgIpc) is 3.23. The number of allylic oxidation sites excluding steroid dienone is 3. The van der Waals surface area contributed by atoms with E-state index in [-0.39, 0.29) is 5.91 Å². The van der Waals surface area contributed by atoms with Gasteiger partial charge in [-0.15, -0.1) is 0 Å². The lowest BCUT2D eigenvalue weighted by Gasteiger charge is -2.17. The summed E-state index contributed by atoms with van der Waals surface area (Å²) in [7, 11) is 2.08. The molecule has 138 valence electrons. The summed E-state index contributed by atoms with van der Waals surface area (Å²) in [6, 6.07) is 8.03. The van der Waals surface area contributed by atoms with Crippen molar-refractivity contribution in [3.8, 4) is 0 Å². The van der Waals surface area contributed by atoms with Crippen molar-refractivity contribution in [1.82, 2.24) is 9.80 Å². The van der Waals surface area contributed by atoms with E-state index in [0.717, 1.165) is 50.3 Å². The molecule has 0 aliphatic carbocycles. The van der Waals surface area contributed by atoms with E-state index in [1.807, 2.05) is 24.0 Å². The van der Waals surface area contributed by atoms with E-state index in [1.165, 1.54) is 11.3 Å². The van der Waals surface area contributed by atoms with Crippen LogP contribution in [0.2, 0.25) is 0 Å². The number of benzene rings is 1. The second-order valence-electron chi connectivity index (χ2n) is 7.31. The third-order valence-electron chi connectivity index (χ3n) is 5.24. The maximum absolute atomic E-state index is 12.5. The van der Waals surface area contributed by atoms with Crippen LogP contribution in [0.25, 0.3) is 0 Å². The van der Waals surface area contributed by atoms with Crippen molar-refractivity contribution < 1.29 is 4.79 Å². The number of amidine groups is 1. The van der Waals surface area contributed by atoms with E-state index >= 15 is 0 Å². The number of carbonyl (C=O) groups is 1. The molecule has 2 heterocycles. The highest BCUT2D eigenvalue weighted by molar-refractivity contribution is 5.94. The molecule has 0 aromatic heterocycles. The van der Waals surface area contributed by atoms with E-state index in [2.05, 4.69) is 54.2 Å². The SMILES string of the molecule is C/C=C\C/C=C1\CN=C(Cc2ccc(C(=O)N3CCC(C)C3)cc2)N1C. The zero-order chi connectivity index (χ0) is 18.5. The number of hydrogen-bond acceptors (Lipinski definition) is 3. The van der Waals surface area contributed by atoms with Crippen LogP contribution in [0.4, 0.5) is 0 Å². The van der Waals surface area contributed by atoms with Gasteiger partial charge < -0.3 is 9.80 Å². The highest BCUT2D eigenvalue weighted by atomic mass is 16.2. The fourth-order valence-electron chi connectivity index (χ4n) is 3.52. The van der Waals surface area contributed by atoms with Crippen molar-refractivity contribution in [3.05, 3.63) is 59.3 Å². The molecule has 0 saturated carbocycles. The Kier molecular flexibility index (Phi) is 5.92. The van der Waals surface area contributed by atoms with Gasteiger partial charge in [0.15, 0.2) is 0 Å². The summed E-state index contributed by atoms with van der Waals surface area (Å²) in [5.74, 6) is 1.86. The van der Waals surface area contributed by atoms with Gasteiger partial charge in [-0.1, -0.05) is 37.3 Å². The zero-order valence-corrected chi connectivity index (χ0v) is 16.1. The first-order chi connectivity index (χ1) is 12.6. The lowest BCUT2D eigenvalue weighted by Crippen LogP contribution is -2.28. The quantitative estimate of drug-likeness (QED) is 0.754. The number of carbonyl (C=O) groups excluding carboxylic acids is 1. The van der Waals surface area contributed by atoms with Crippen molar-refractivity contribution in [3.63, 3.8) is 0 Å². The van der Waals surface area contributed by atoms with Crippen molar-refractivity contribution in [2.45, 2.75) is 33.1 Å². The predicted molar refractivity (Wildman–Crippen MR) is 107 cm³/mol. The summed E-state index contributed by atoms with van der Waals surface area (Å²) < 4.78 is 0. The summed E-state index contributed by atoms with van der Waals surface area (Å²) in [5.41, 5.74) is 3.24. The second-order valence-corrected chi connectivity index (χ2v) is 7.31. The van der Waals surface area contributed by atoms with Gasteiger partial charge in [0.25, 0.3) is 5.91 Å². The van der Waals surface area contributed by atoms with Crippen LogP contribution in [0.15, 0.2) is 53.2 Å². The fourth-order valence-corrected chi connectivity index (χ4v) is 3.52. The van der Waals surface area contributed by atoms with Crippen LogP contribution >= 0.6 is 0 Å². The Labute approximate surface area is 156 Å². The topological polar surface area (TPSA) is 35.9 Å². The Hall–Kier alpha value is -2.36. The van der Waals surface area contributed by atoms with Gasteiger partial charge in [-0.2, -0.15) is 0 Å². The highest BCUT2D eigenvalue weighted by Crippen LogP contribution is 2.20. The van der Waals surface area contributed by atoms with Gasteiger partial charge in [-0.05, 0) is 43.4 Å². The van der Waals surface area contributed by atoms with Crippen LogP contribution in [0, 0.1) is 5.92 Å². The Morgan fingerprint density at radius 2 is 2.08 bits per heavy atom. The molecule has 26 heavy (non-hydrogen) atoms. The van der Waals surface area contributed by atoms with Gasteiger partial charge in [-0.25, -0.2) is 0 Å². The van der Waals surface area contributed by atoms with E-state index in [1.54, 1.807) is 0 Å². The van der Waals surface area contributed by atoms with Crippen LogP contribution in [-0.4, -0.2) is 48.2 Å². The molecule has 4 heteroatoms. The largest absolute Gasteiger partial charge is 0.338 e. The number of nitrogens with zero attached hydrogens (tertiary/aromatic N) is 3. The number of likely N-dealkylation sites (N-methyl/N-ethyl adjacent to an activating group) is 1. The molecule has 2 aliphatic rings. The predicted octanol–water partition coefficient (Wildman–Crippen LogP) is 3.91. The van der Waals surface area contributed by atoms with Crippen LogP contribution in [-0.2, 0) is 6.42 Å². The van der Waals surface area contributed by atoms with Gasteiger partial charge >= 0.3 is 0 Å². The van der Waals surface area contributed by atoms with Gasteiger partial charge in [0.1, 0.15) is 5.84 Å². The van der Waals surface area contributed by atoms with E-state index < -0.39 is 0 Å². The Morgan fingerprint density at radius 1 is 1.31 bits per heavy atom. The molecule has 2 aliphatic heterocycles.